The molecule has 0 spiro atoms. The molecule has 1 atom stereocenters. The number of ether oxygens (including phenoxy) is 1. The first-order valence-electron chi connectivity index (χ1n) is 9.21. The average molecular weight is 368 g/mol. The van der Waals surface area contributed by atoms with Gasteiger partial charge in [0.2, 0.25) is 5.89 Å². The lowest BCUT2D eigenvalue weighted by Gasteiger charge is -2.21. The molecule has 7 nitrogen and oxygen atoms in total. The van der Waals surface area contributed by atoms with Crippen molar-refractivity contribution in [3.63, 3.8) is 0 Å². The van der Waals surface area contributed by atoms with Crippen molar-refractivity contribution in [1.82, 2.24) is 20.2 Å². The quantitative estimate of drug-likeness (QED) is 0.673. The first kappa shape index (κ1) is 17.7. The maximum absolute atomic E-state index is 5.96. The third-order valence-electron chi connectivity index (χ3n) is 5.25. The standard InChI is InChI=1S/C20H24N4O3/c1-12-10-15(7-8-18(12)25-4)20-21-16(14(3)26-20)11-24-9-5-6-17(24)19-13(2)22-27-23-19/h7-8,10,17H,5-6,9,11H2,1-4H3/t17-/m1/s1. The van der Waals surface area contributed by atoms with Crippen LogP contribution >= 0.6 is 0 Å². The molecule has 0 unspecified atom stereocenters. The van der Waals surface area contributed by atoms with E-state index < -0.39 is 0 Å². The molecule has 1 aliphatic heterocycles. The fourth-order valence-electron chi connectivity index (χ4n) is 3.77. The van der Waals surface area contributed by atoms with E-state index in [9.17, 15) is 0 Å². The summed E-state index contributed by atoms with van der Waals surface area (Å²) in [4.78, 5) is 7.15. The molecular formula is C20H24N4O3. The minimum absolute atomic E-state index is 0.221. The summed E-state index contributed by atoms with van der Waals surface area (Å²) < 4.78 is 16.2. The van der Waals surface area contributed by atoms with Crippen LogP contribution in [0.25, 0.3) is 11.5 Å². The van der Waals surface area contributed by atoms with Crippen molar-refractivity contribution < 1.29 is 13.8 Å². The SMILES string of the molecule is COc1ccc(-c2nc(CN3CCC[C@@H]3c3nonc3C)c(C)o2)cc1C. The van der Waals surface area contributed by atoms with Crippen molar-refractivity contribution in [1.29, 1.82) is 0 Å². The minimum Gasteiger partial charge on any atom is -0.496 e. The predicted octanol–water partition coefficient (Wildman–Crippen LogP) is 4.00. The minimum atomic E-state index is 0.221. The number of hydrogen-bond donors (Lipinski definition) is 0. The second-order valence-corrected chi connectivity index (χ2v) is 7.07. The van der Waals surface area contributed by atoms with E-state index in [2.05, 4.69) is 15.2 Å². The lowest BCUT2D eigenvalue weighted by Crippen LogP contribution is -2.24. The summed E-state index contributed by atoms with van der Waals surface area (Å²) >= 11 is 0. The Morgan fingerprint density at radius 1 is 1.22 bits per heavy atom. The van der Waals surface area contributed by atoms with Gasteiger partial charge in [0.15, 0.2) is 0 Å². The smallest absolute Gasteiger partial charge is 0.226 e. The molecule has 1 aromatic carbocycles. The third kappa shape index (κ3) is 3.35. The van der Waals surface area contributed by atoms with Crippen LogP contribution in [0.1, 0.15) is 47.3 Å². The van der Waals surface area contributed by atoms with Gasteiger partial charge in [-0.15, -0.1) is 0 Å². The first-order chi connectivity index (χ1) is 13.1. The fourth-order valence-corrected chi connectivity index (χ4v) is 3.77. The molecule has 0 saturated carbocycles. The number of benzene rings is 1. The third-order valence-corrected chi connectivity index (χ3v) is 5.25. The van der Waals surface area contributed by atoms with E-state index in [1.54, 1.807) is 7.11 Å². The molecule has 1 saturated heterocycles. The van der Waals surface area contributed by atoms with Crippen molar-refractivity contribution in [3.05, 3.63) is 46.6 Å². The van der Waals surface area contributed by atoms with E-state index in [-0.39, 0.29) is 6.04 Å². The Kier molecular flexibility index (Phi) is 4.70. The number of aromatic nitrogens is 3. The summed E-state index contributed by atoms with van der Waals surface area (Å²) in [5, 5.41) is 8.04. The topological polar surface area (TPSA) is 77.4 Å². The highest BCUT2D eigenvalue weighted by atomic mass is 16.6. The van der Waals surface area contributed by atoms with Gasteiger partial charge in [-0.05, 0) is 63.9 Å². The van der Waals surface area contributed by atoms with Gasteiger partial charge < -0.3 is 9.15 Å². The molecule has 1 aliphatic rings. The Hall–Kier alpha value is -2.67. The van der Waals surface area contributed by atoms with Gasteiger partial charge in [0, 0.05) is 12.1 Å². The molecule has 7 heteroatoms. The van der Waals surface area contributed by atoms with Crippen LogP contribution in [0.2, 0.25) is 0 Å². The van der Waals surface area contributed by atoms with E-state index in [1.165, 1.54) is 0 Å². The van der Waals surface area contributed by atoms with Crippen LogP contribution in [0.3, 0.4) is 0 Å². The molecule has 4 rings (SSSR count). The van der Waals surface area contributed by atoms with Gasteiger partial charge in [0.05, 0.1) is 18.8 Å². The summed E-state index contributed by atoms with van der Waals surface area (Å²) in [6.07, 6.45) is 2.18. The second kappa shape index (κ2) is 7.15. The maximum atomic E-state index is 5.96. The molecule has 142 valence electrons. The number of oxazole rings is 1. The van der Waals surface area contributed by atoms with Crippen LogP contribution in [0, 0.1) is 20.8 Å². The van der Waals surface area contributed by atoms with E-state index in [0.717, 1.165) is 65.6 Å². The van der Waals surface area contributed by atoms with E-state index >= 15 is 0 Å². The highest BCUT2D eigenvalue weighted by Gasteiger charge is 2.31. The molecule has 0 N–H and O–H groups in total. The summed E-state index contributed by atoms with van der Waals surface area (Å²) in [5.41, 5.74) is 4.76. The predicted molar refractivity (Wildman–Crippen MR) is 99.4 cm³/mol. The van der Waals surface area contributed by atoms with E-state index in [1.807, 2.05) is 39.0 Å². The Morgan fingerprint density at radius 2 is 2.07 bits per heavy atom. The molecule has 2 aromatic heterocycles. The van der Waals surface area contributed by atoms with E-state index in [4.69, 9.17) is 18.8 Å². The molecule has 0 bridgehead atoms. The summed E-state index contributed by atoms with van der Waals surface area (Å²) in [5.74, 6) is 2.35. The fraction of sp³-hybridized carbons (Fsp3) is 0.450. The zero-order chi connectivity index (χ0) is 19.0. The zero-order valence-electron chi connectivity index (χ0n) is 16.2. The highest BCUT2D eigenvalue weighted by Crippen LogP contribution is 2.34. The molecular weight excluding hydrogens is 344 g/mol. The van der Waals surface area contributed by atoms with Gasteiger partial charge in [0.1, 0.15) is 22.9 Å². The average Bonchev–Trinajstić information content (AvgIpc) is 3.36. The van der Waals surface area contributed by atoms with Gasteiger partial charge in [-0.2, -0.15) is 0 Å². The molecule has 3 aromatic rings. The van der Waals surface area contributed by atoms with Gasteiger partial charge in [0.25, 0.3) is 0 Å². The van der Waals surface area contributed by atoms with Crippen molar-refractivity contribution in [2.75, 3.05) is 13.7 Å². The number of methoxy groups -OCH3 is 1. The molecule has 0 aliphatic carbocycles. The number of nitrogens with zero attached hydrogens (tertiary/aromatic N) is 4. The van der Waals surface area contributed by atoms with Crippen molar-refractivity contribution >= 4 is 0 Å². The highest BCUT2D eigenvalue weighted by molar-refractivity contribution is 5.57. The van der Waals surface area contributed by atoms with Crippen LogP contribution in [-0.4, -0.2) is 33.9 Å². The number of hydrogen-bond acceptors (Lipinski definition) is 7. The Bertz CT molecular complexity index is 947. The van der Waals surface area contributed by atoms with Crippen LogP contribution in [0.5, 0.6) is 5.75 Å². The number of likely N-dealkylation sites (tertiary alicyclic amines) is 1. The van der Waals surface area contributed by atoms with Gasteiger partial charge in [-0.25, -0.2) is 9.61 Å². The number of rotatable bonds is 5. The Morgan fingerprint density at radius 3 is 2.78 bits per heavy atom. The lowest BCUT2D eigenvalue weighted by atomic mass is 10.1. The monoisotopic (exact) mass is 368 g/mol. The molecule has 27 heavy (non-hydrogen) atoms. The number of aryl methyl sites for hydroxylation is 3. The van der Waals surface area contributed by atoms with Crippen LogP contribution in [-0.2, 0) is 6.54 Å². The lowest BCUT2D eigenvalue weighted by molar-refractivity contribution is 0.228. The van der Waals surface area contributed by atoms with Crippen molar-refractivity contribution in [2.45, 2.75) is 46.2 Å². The first-order valence-corrected chi connectivity index (χ1v) is 9.21. The van der Waals surface area contributed by atoms with Crippen LogP contribution in [0.15, 0.2) is 27.2 Å². The molecule has 1 fully saturated rings. The Labute approximate surface area is 158 Å². The van der Waals surface area contributed by atoms with Gasteiger partial charge in [-0.1, -0.05) is 10.3 Å². The summed E-state index contributed by atoms with van der Waals surface area (Å²) in [6.45, 7) is 7.65. The summed E-state index contributed by atoms with van der Waals surface area (Å²) in [6, 6.07) is 6.18. The normalized spacial score (nSPS) is 17.6. The van der Waals surface area contributed by atoms with Crippen molar-refractivity contribution in [3.8, 4) is 17.2 Å². The van der Waals surface area contributed by atoms with Crippen molar-refractivity contribution in [2.24, 2.45) is 0 Å². The largest absolute Gasteiger partial charge is 0.496 e. The van der Waals surface area contributed by atoms with Gasteiger partial charge >= 0.3 is 0 Å². The second-order valence-electron chi connectivity index (χ2n) is 7.07. The zero-order valence-corrected chi connectivity index (χ0v) is 16.2. The molecule has 3 heterocycles. The molecule has 0 amide bonds. The van der Waals surface area contributed by atoms with Crippen LogP contribution < -0.4 is 4.74 Å². The van der Waals surface area contributed by atoms with Gasteiger partial charge in [-0.3, -0.25) is 4.90 Å². The summed E-state index contributed by atoms with van der Waals surface area (Å²) in [7, 11) is 1.67. The maximum Gasteiger partial charge on any atom is 0.226 e. The van der Waals surface area contributed by atoms with Crippen LogP contribution in [0.4, 0.5) is 0 Å². The molecule has 0 radical (unpaired) electrons. The Balaban J connectivity index is 1.57. The van der Waals surface area contributed by atoms with E-state index in [0.29, 0.717) is 5.89 Å².